The molecule has 0 unspecified atom stereocenters. The lowest BCUT2D eigenvalue weighted by Gasteiger charge is -2.00. The summed E-state index contributed by atoms with van der Waals surface area (Å²) in [7, 11) is 1.73. The molecule has 0 atom stereocenters. The van der Waals surface area contributed by atoms with Gasteiger partial charge in [-0.05, 0) is 26.3 Å². The Labute approximate surface area is 98.0 Å². The minimum atomic E-state index is 0.794. The number of nitrogens with zero attached hydrogens (tertiary/aromatic N) is 2. The summed E-state index contributed by atoms with van der Waals surface area (Å²) in [6.07, 6.45) is 4.31. The molecule has 1 aromatic rings. The Morgan fingerprint density at radius 1 is 1.50 bits per heavy atom. The molecule has 0 aliphatic heterocycles. The average Bonchev–Trinajstić information content (AvgIpc) is 2.61. The van der Waals surface area contributed by atoms with Crippen LogP contribution < -0.4 is 5.32 Å². The van der Waals surface area contributed by atoms with Gasteiger partial charge in [-0.2, -0.15) is 5.10 Å². The van der Waals surface area contributed by atoms with Crippen LogP contribution in [0.1, 0.15) is 31.0 Å². The van der Waals surface area contributed by atoms with Gasteiger partial charge in [-0.3, -0.25) is 4.68 Å². The van der Waals surface area contributed by atoms with Crippen LogP contribution in [-0.2, 0) is 17.8 Å². The molecule has 16 heavy (non-hydrogen) atoms. The molecule has 1 aromatic heterocycles. The van der Waals surface area contributed by atoms with Crippen molar-refractivity contribution >= 4 is 0 Å². The third-order valence-corrected chi connectivity index (χ3v) is 2.53. The summed E-state index contributed by atoms with van der Waals surface area (Å²) in [4.78, 5) is 0. The van der Waals surface area contributed by atoms with E-state index in [4.69, 9.17) is 4.74 Å². The lowest BCUT2D eigenvalue weighted by Crippen LogP contribution is -2.13. The quantitative estimate of drug-likeness (QED) is 0.685. The van der Waals surface area contributed by atoms with E-state index in [9.17, 15) is 0 Å². The maximum absolute atomic E-state index is 5.03. The monoisotopic (exact) mass is 225 g/mol. The van der Waals surface area contributed by atoms with E-state index in [1.807, 2.05) is 4.68 Å². The molecule has 1 heterocycles. The molecular weight excluding hydrogens is 202 g/mol. The van der Waals surface area contributed by atoms with Gasteiger partial charge in [0.2, 0.25) is 0 Å². The second kappa shape index (κ2) is 7.41. The predicted molar refractivity (Wildman–Crippen MR) is 65.5 cm³/mol. The van der Waals surface area contributed by atoms with Gasteiger partial charge in [-0.1, -0.05) is 6.92 Å². The molecule has 1 rings (SSSR count). The van der Waals surface area contributed by atoms with Gasteiger partial charge in [0.05, 0.1) is 5.69 Å². The van der Waals surface area contributed by atoms with Crippen LogP contribution in [0, 0.1) is 6.92 Å². The highest BCUT2D eigenvalue weighted by atomic mass is 16.5. The van der Waals surface area contributed by atoms with Gasteiger partial charge < -0.3 is 10.1 Å². The summed E-state index contributed by atoms with van der Waals surface area (Å²) < 4.78 is 7.04. The number of nitrogens with one attached hydrogen (secondary N) is 1. The zero-order valence-electron chi connectivity index (χ0n) is 10.6. The van der Waals surface area contributed by atoms with Crippen molar-refractivity contribution in [1.82, 2.24) is 15.1 Å². The van der Waals surface area contributed by atoms with Crippen molar-refractivity contribution in [1.29, 1.82) is 0 Å². The molecule has 4 nitrogen and oxygen atoms in total. The Morgan fingerprint density at radius 3 is 3.00 bits per heavy atom. The number of rotatable bonds is 8. The molecule has 0 bridgehead atoms. The first-order valence-corrected chi connectivity index (χ1v) is 6.00. The molecule has 0 aliphatic rings. The van der Waals surface area contributed by atoms with E-state index < -0.39 is 0 Å². The first-order chi connectivity index (χ1) is 7.77. The highest BCUT2D eigenvalue weighted by Crippen LogP contribution is 2.05. The van der Waals surface area contributed by atoms with E-state index >= 15 is 0 Å². The topological polar surface area (TPSA) is 39.1 Å². The number of hydrogen-bond donors (Lipinski definition) is 1. The lowest BCUT2D eigenvalue weighted by atomic mass is 10.2. The van der Waals surface area contributed by atoms with Gasteiger partial charge >= 0.3 is 0 Å². The fourth-order valence-corrected chi connectivity index (χ4v) is 1.62. The summed E-state index contributed by atoms with van der Waals surface area (Å²) in [5, 5.41) is 7.88. The highest BCUT2D eigenvalue weighted by Gasteiger charge is 2.03. The normalized spacial score (nSPS) is 10.9. The molecule has 0 aliphatic carbocycles. The molecule has 0 fully saturated rings. The zero-order valence-corrected chi connectivity index (χ0v) is 10.6. The van der Waals surface area contributed by atoms with Crippen molar-refractivity contribution in [3.8, 4) is 0 Å². The molecule has 0 radical (unpaired) electrons. The third-order valence-electron chi connectivity index (χ3n) is 2.53. The largest absolute Gasteiger partial charge is 0.385 e. The number of aromatic nitrogens is 2. The second-order valence-electron chi connectivity index (χ2n) is 4.03. The minimum Gasteiger partial charge on any atom is -0.385 e. The van der Waals surface area contributed by atoms with Gasteiger partial charge in [-0.15, -0.1) is 0 Å². The van der Waals surface area contributed by atoms with Crippen LogP contribution in [-0.4, -0.2) is 30.0 Å². The van der Waals surface area contributed by atoms with Gasteiger partial charge in [0.1, 0.15) is 0 Å². The Hall–Kier alpha value is -0.870. The van der Waals surface area contributed by atoms with Crippen molar-refractivity contribution in [2.45, 2.75) is 39.8 Å². The van der Waals surface area contributed by atoms with E-state index in [1.54, 1.807) is 7.11 Å². The molecule has 0 aromatic carbocycles. The molecule has 1 N–H and O–H groups in total. The fourth-order valence-electron chi connectivity index (χ4n) is 1.62. The first-order valence-electron chi connectivity index (χ1n) is 6.00. The van der Waals surface area contributed by atoms with Crippen LogP contribution in [0.25, 0.3) is 0 Å². The molecular formula is C12H23N3O. The first kappa shape index (κ1) is 13.2. The summed E-state index contributed by atoms with van der Waals surface area (Å²) in [5.41, 5.74) is 2.42. The van der Waals surface area contributed by atoms with E-state index in [1.165, 1.54) is 12.0 Å². The standard InChI is InChI=1S/C12H23N3O/c1-4-6-13-9-12-10-15(14-11(12)2)7-5-8-16-3/h10,13H,4-9H2,1-3H3. The van der Waals surface area contributed by atoms with E-state index in [0.29, 0.717) is 0 Å². The second-order valence-corrected chi connectivity index (χ2v) is 4.03. The fraction of sp³-hybridized carbons (Fsp3) is 0.750. The summed E-state index contributed by atoms with van der Waals surface area (Å²) >= 11 is 0. The van der Waals surface area contributed by atoms with Gasteiger partial charge in [0.15, 0.2) is 0 Å². The molecule has 0 saturated heterocycles. The Balaban J connectivity index is 2.39. The maximum Gasteiger partial charge on any atom is 0.0638 e. The predicted octanol–water partition coefficient (Wildman–Crippen LogP) is 1.73. The van der Waals surface area contributed by atoms with E-state index in [2.05, 4.69) is 30.5 Å². The summed E-state index contributed by atoms with van der Waals surface area (Å²) in [5.74, 6) is 0. The number of methoxy groups -OCH3 is 1. The van der Waals surface area contributed by atoms with Gasteiger partial charge in [0.25, 0.3) is 0 Å². The van der Waals surface area contributed by atoms with E-state index in [-0.39, 0.29) is 0 Å². The number of ether oxygens (including phenoxy) is 1. The Bertz CT molecular complexity index is 296. The highest BCUT2D eigenvalue weighted by molar-refractivity contribution is 5.14. The summed E-state index contributed by atoms with van der Waals surface area (Å²) in [6.45, 7) is 7.95. The smallest absolute Gasteiger partial charge is 0.0638 e. The maximum atomic E-state index is 5.03. The third kappa shape index (κ3) is 4.33. The van der Waals surface area contributed by atoms with Crippen LogP contribution >= 0.6 is 0 Å². The van der Waals surface area contributed by atoms with Gasteiger partial charge in [-0.25, -0.2) is 0 Å². The molecule has 0 saturated carbocycles. The average molecular weight is 225 g/mol. The van der Waals surface area contributed by atoms with Crippen molar-refractivity contribution in [2.24, 2.45) is 0 Å². The molecule has 0 spiro atoms. The van der Waals surface area contributed by atoms with Crippen molar-refractivity contribution in [3.05, 3.63) is 17.5 Å². The van der Waals surface area contributed by atoms with Crippen molar-refractivity contribution in [2.75, 3.05) is 20.3 Å². The zero-order chi connectivity index (χ0) is 11.8. The molecule has 0 amide bonds. The van der Waals surface area contributed by atoms with Crippen LogP contribution in [0.5, 0.6) is 0 Å². The summed E-state index contributed by atoms with van der Waals surface area (Å²) in [6, 6.07) is 0. The number of hydrogen-bond acceptors (Lipinski definition) is 3. The minimum absolute atomic E-state index is 0.794. The van der Waals surface area contributed by atoms with Gasteiger partial charge in [0, 0.05) is 38.6 Å². The van der Waals surface area contributed by atoms with Crippen LogP contribution in [0.2, 0.25) is 0 Å². The lowest BCUT2D eigenvalue weighted by molar-refractivity contribution is 0.189. The molecule has 4 heteroatoms. The SMILES string of the molecule is CCCNCc1cn(CCCOC)nc1C. The van der Waals surface area contributed by atoms with E-state index in [0.717, 1.165) is 38.4 Å². The molecule has 92 valence electrons. The van der Waals surface area contributed by atoms with Crippen molar-refractivity contribution < 1.29 is 4.74 Å². The van der Waals surface area contributed by atoms with Crippen LogP contribution in [0.3, 0.4) is 0 Å². The van der Waals surface area contributed by atoms with Crippen LogP contribution in [0.15, 0.2) is 6.20 Å². The Kier molecular flexibility index (Phi) is 6.11. The Morgan fingerprint density at radius 2 is 2.31 bits per heavy atom. The van der Waals surface area contributed by atoms with Crippen LogP contribution in [0.4, 0.5) is 0 Å². The number of aryl methyl sites for hydroxylation is 2. The van der Waals surface area contributed by atoms with Crippen molar-refractivity contribution in [3.63, 3.8) is 0 Å².